The molecule has 1 unspecified atom stereocenters. The standard InChI is InChI=1S/C15H19BrN2O/c1-10(2)18-8-7-12(17-18)9-15(19)13-5-4-6-14(16)11(13)3/h4-8,10,15,19H,9H2,1-3H3. The molecule has 0 spiro atoms. The topological polar surface area (TPSA) is 38.0 Å². The molecule has 1 atom stereocenters. The summed E-state index contributed by atoms with van der Waals surface area (Å²) in [5.74, 6) is 0. The fraction of sp³-hybridized carbons (Fsp3) is 0.400. The lowest BCUT2D eigenvalue weighted by Crippen LogP contribution is -2.06. The molecule has 4 heteroatoms. The lowest BCUT2D eigenvalue weighted by atomic mass is 10.0. The van der Waals surface area contributed by atoms with Gasteiger partial charge in [0.25, 0.3) is 0 Å². The first-order valence-corrected chi connectivity index (χ1v) is 7.25. The summed E-state index contributed by atoms with van der Waals surface area (Å²) in [5, 5.41) is 14.8. The molecule has 102 valence electrons. The van der Waals surface area contributed by atoms with Crippen molar-refractivity contribution in [2.24, 2.45) is 0 Å². The smallest absolute Gasteiger partial charge is 0.0849 e. The number of benzene rings is 1. The normalized spacial score (nSPS) is 12.9. The van der Waals surface area contributed by atoms with Gasteiger partial charge in [0.05, 0.1) is 11.8 Å². The zero-order valence-electron chi connectivity index (χ0n) is 11.5. The summed E-state index contributed by atoms with van der Waals surface area (Å²) < 4.78 is 2.94. The summed E-state index contributed by atoms with van der Waals surface area (Å²) in [4.78, 5) is 0. The quantitative estimate of drug-likeness (QED) is 0.929. The van der Waals surface area contributed by atoms with Crippen LogP contribution in [-0.4, -0.2) is 14.9 Å². The van der Waals surface area contributed by atoms with Crippen molar-refractivity contribution in [3.63, 3.8) is 0 Å². The average molecular weight is 323 g/mol. The molecule has 2 aromatic rings. The lowest BCUT2D eigenvalue weighted by Gasteiger charge is -2.13. The van der Waals surface area contributed by atoms with E-state index in [9.17, 15) is 5.11 Å². The maximum absolute atomic E-state index is 10.4. The van der Waals surface area contributed by atoms with E-state index in [-0.39, 0.29) is 0 Å². The van der Waals surface area contributed by atoms with E-state index in [2.05, 4.69) is 34.9 Å². The monoisotopic (exact) mass is 322 g/mol. The van der Waals surface area contributed by atoms with Crippen LogP contribution >= 0.6 is 15.9 Å². The molecule has 1 heterocycles. The number of hydrogen-bond donors (Lipinski definition) is 1. The van der Waals surface area contributed by atoms with Gasteiger partial charge in [0.15, 0.2) is 0 Å². The molecule has 0 aliphatic rings. The number of rotatable bonds is 4. The van der Waals surface area contributed by atoms with Gasteiger partial charge in [0.1, 0.15) is 0 Å². The fourth-order valence-corrected chi connectivity index (χ4v) is 2.45. The predicted molar refractivity (Wildman–Crippen MR) is 80.2 cm³/mol. The molecular weight excluding hydrogens is 304 g/mol. The molecule has 0 radical (unpaired) electrons. The van der Waals surface area contributed by atoms with E-state index in [1.807, 2.05) is 42.1 Å². The Hall–Kier alpha value is -1.13. The molecule has 3 nitrogen and oxygen atoms in total. The summed E-state index contributed by atoms with van der Waals surface area (Å²) in [6.45, 7) is 6.19. The van der Waals surface area contributed by atoms with Crippen LogP contribution in [0, 0.1) is 6.92 Å². The van der Waals surface area contributed by atoms with Crippen molar-refractivity contribution in [2.75, 3.05) is 0 Å². The average Bonchev–Trinajstić information content (AvgIpc) is 2.81. The number of hydrogen-bond acceptors (Lipinski definition) is 2. The van der Waals surface area contributed by atoms with E-state index in [1.54, 1.807) is 0 Å². The van der Waals surface area contributed by atoms with Crippen LogP contribution in [0.4, 0.5) is 0 Å². The Bertz CT molecular complexity index is 563. The Morgan fingerprint density at radius 1 is 1.32 bits per heavy atom. The van der Waals surface area contributed by atoms with Gasteiger partial charge in [0.2, 0.25) is 0 Å². The zero-order valence-corrected chi connectivity index (χ0v) is 13.1. The third-order valence-corrected chi connectivity index (χ3v) is 4.12. The maximum Gasteiger partial charge on any atom is 0.0849 e. The molecule has 0 amide bonds. The number of aromatic nitrogens is 2. The molecule has 1 N–H and O–H groups in total. The third-order valence-electron chi connectivity index (χ3n) is 3.26. The molecule has 1 aromatic carbocycles. The van der Waals surface area contributed by atoms with Crippen LogP contribution in [0.1, 0.15) is 42.8 Å². The molecule has 0 aliphatic heterocycles. The maximum atomic E-state index is 10.4. The van der Waals surface area contributed by atoms with Gasteiger partial charge in [0, 0.05) is 23.1 Å². The van der Waals surface area contributed by atoms with Crippen LogP contribution in [0.15, 0.2) is 34.9 Å². The Morgan fingerprint density at radius 3 is 2.68 bits per heavy atom. The zero-order chi connectivity index (χ0) is 14.0. The van der Waals surface area contributed by atoms with Gasteiger partial charge >= 0.3 is 0 Å². The highest BCUT2D eigenvalue weighted by molar-refractivity contribution is 9.10. The van der Waals surface area contributed by atoms with Crippen LogP contribution in [0.5, 0.6) is 0 Å². The Balaban J connectivity index is 2.16. The highest BCUT2D eigenvalue weighted by Gasteiger charge is 2.14. The van der Waals surface area contributed by atoms with E-state index in [1.165, 1.54) is 0 Å². The summed E-state index contributed by atoms with van der Waals surface area (Å²) in [6, 6.07) is 8.21. The summed E-state index contributed by atoms with van der Waals surface area (Å²) in [5.41, 5.74) is 2.95. The first-order valence-electron chi connectivity index (χ1n) is 6.46. The van der Waals surface area contributed by atoms with Gasteiger partial charge in [-0.3, -0.25) is 4.68 Å². The first-order chi connectivity index (χ1) is 8.99. The minimum atomic E-state index is -0.520. The molecule has 0 saturated carbocycles. The summed E-state index contributed by atoms with van der Waals surface area (Å²) in [7, 11) is 0. The van der Waals surface area contributed by atoms with Crippen molar-refractivity contribution >= 4 is 15.9 Å². The number of nitrogens with zero attached hydrogens (tertiary/aromatic N) is 2. The second-order valence-corrected chi connectivity index (χ2v) is 5.91. The fourth-order valence-electron chi connectivity index (χ4n) is 2.07. The first kappa shape index (κ1) is 14.3. The number of halogens is 1. The van der Waals surface area contributed by atoms with E-state index >= 15 is 0 Å². The van der Waals surface area contributed by atoms with Gasteiger partial charge < -0.3 is 5.11 Å². The molecule has 19 heavy (non-hydrogen) atoms. The van der Waals surface area contributed by atoms with E-state index < -0.39 is 6.10 Å². The summed E-state index contributed by atoms with van der Waals surface area (Å²) in [6.07, 6.45) is 1.98. The predicted octanol–water partition coefficient (Wildman–Crippen LogP) is 3.81. The van der Waals surface area contributed by atoms with Gasteiger partial charge in [-0.2, -0.15) is 5.10 Å². The van der Waals surface area contributed by atoms with E-state index in [0.717, 1.165) is 21.3 Å². The second-order valence-electron chi connectivity index (χ2n) is 5.05. The van der Waals surface area contributed by atoms with E-state index in [0.29, 0.717) is 12.5 Å². The van der Waals surface area contributed by atoms with Crippen molar-refractivity contribution < 1.29 is 5.11 Å². The molecular formula is C15H19BrN2O. The molecule has 0 bridgehead atoms. The molecule has 0 fully saturated rings. The largest absolute Gasteiger partial charge is 0.388 e. The highest BCUT2D eigenvalue weighted by atomic mass is 79.9. The molecule has 0 aliphatic carbocycles. The number of aliphatic hydroxyl groups excluding tert-OH is 1. The number of aliphatic hydroxyl groups is 1. The van der Waals surface area contributed by atoms with Crippen LogP contribution in [0.2, 0.25) is 0 Å². The van der Waals surface area contributed by atoms with Crippen molar-refractivity contribution in [3.8, 4) is 0 Å². The second kappa shape index (κ2) is 5.88. The molecule has 1 aromatic heterocycles. The van der Waals surface area contributed by atoms with Crippen LogP contribution in [0.3, 0.4) is 0 Å². The van der Waals surface area contributed by atoms with Crippen LogP contribution < -0.4 is 0 Å². The molecule has 2 rings (SSSR count). The van der Waals surface area contributed by atoms with Crippen molar-refractivity contribution in [2.45, 2.75) is 39.3 Å². The summed E-state index contributed by atoms with van der Waals surface area (Å²) >= 11 is 3.49. The Morgan fingerprint density at radius 2 is 2.05 bits per heavy atom. The van der Waals surface area contributed by atoms with Crippen LogP contribution in [0.25, 0.3) is 0 Å². The Kier molecular flexibility index (Phi) is 4.42. The minimum absolute atomic E-state index is 0.346. The van der Waals surface area contributed by atoms with Crippen molar-refractivity contribution in [1.82, 2.24) is 9.78 Å². The van der Waals surface area contributed by atoms with Gasteiger partial charge in [-0.1, -0.05) is 28.1 Å². The minimum Gasteiger partial charge on any atom is -0.388 e. The lowest BCUT2D eigenvalue weighted by molar-refractivity contribution is 0.176. The third kappa shape index (κ3) is 3.25. The highest BCUT2D eigenvalue weighted by Crippen LogP contribution is 2.26. The van der Waals surface area contributed by atoms with E-state index in [4.69, 9.17) is 0 Å². The van der Waals surface area contributed by atoms with Gasteiger partial charge in [-0.15, -0.1) is 0 Å². The van der Waals surface area contributed by atoms with Crippen molar-refractivity contribution in [3.05, 3.63) is 51.8 Å². The van der Waals surface area contributed by atoms with Crippen LogP contribution in [-0.2, 0) is 6.42 Å². The van der Waals surface area contributed by atoms with Gasteiger partial charge in [-0.25, -0.2) is 0 Å². The van der Waals surface area contributed by atoms with Crippen molar-refractivity contribution in [1.29, 1.82) is 0 Å². The SMILES string of the molecule is Cc1c(Br)cccc1C(O)Cc1ccn(C(C)C)n1. The van der Waals surface area contributed by atoms with Gasteiger partial charge in [-0.05, 0) is 44.0 Å². The Labute approximate surface area is 122 Å². The molecule has 0 saturated heterocycles.